The Hall–Kier alpha value is -2.39. The molecule has 0 aliphatic carbocycles. The molecule has 0 N–H and O–H groups in total. The summed E-state index contributed by atoms with van der Waals surface area (Å²) in [5, 5.41) is 8.09. The largest absolute Gasteiger partial charge is 0.497 e. The summed E-state index contributed by atoms with van der Waals surface area (Å²) in [5.74, 6) is 1.74. The van der Waals surface area contributed by atoms with Gasteiger partial charge in [0.2, 0.25) is 15.9 Å². The van der Waals surface area contributed by atoms with Crippen LogP contribution in [0.25, 0.3) is 0 Å². The normalized spacial score (nSPS) is 17.9. The summed E-state index contributed by atoms with van der Waals surface area (Å²) in [6, 6.07) is 9.92. The van der Waals surface area contributed by atoms with E-state index in [2.05, 4.69) is 10.2 Å². The lowest BCUT2D eigenvalue weighted by Gasteiger charge is -2.17. The van der Waals surface area contributed by atoms with Crippen molar-refractivity contribution >= 4 is 15.8 Å². The van der Waals surface area contributed by atoms with E-state index in [1.807, 2.05) is 25.1 Å². The number of anilines is 1. The number of hydrogen-bond acceptors (Lipinski definition) is 7. The van der Waals surface area contributed by atoms with E-state index in [9.17, 15) is 8.42 Å². The molecule has 26 heavy (non-hydrogen) atoms. The van der Waals surface area contributed by atoms with Crippen LogP contribution >= 0.6 is 0 Å². The summed E-state index contributed by atoms with van der Waals surface area (Å²) >= 11 is 0. The Morgan fingerprint density at radius 1 is 1.12 bits per heavy atom. The first-order valence-corrected chi connectivity index (χ1v) is 9.66. The van der Waals surface area contributed by atoms with Crippen molar-refractivity contribution in [1.82, 2.24) is 14.5 Å². The van der Waals surface area contributed by atoms with Crippen LogP contribution in [0.1, 0.15) is 6.42 Å². The van der Waals surface area contributed by atoms with Crippen LogP contribution in [0.15, 0.2) is 41.3 Å². The Balaban J connectivity index is 1.65. The molecule has 9 heteroatoms. The fourth-order valence-electron chi connectivity index (χ4n) is 2.69. The second-order valence-corrected chi connectivity index (χ2v) is 8.13. The molecule has 1 saturated heterocycles. The van der Waals surface area contributed by atoms with Crippen LogP contribution in [-0.4, -0.2) is 63.3 Å². The molecule has 2 aromatic rings. The van der Waals surface area contributed by atoms with Gasteiger partial charge in [0.25, 0.3) is 0 Å². The molecule has 1 aliphatic heterocycles. The summed E-state index contributed by atoms with van der Waals surface area (Å²) in [6.45, 7) is 0.688. The van der Waals surface area contributed by atoms with E-state index in [0.717, 1.165) is 5.82 Å². The first-order valence-electron chi connectivity index (χ1n) is 8.22. The third-order valence-electron chi connectivity index (χ3n) is 4.18. The lowest BCUT2D eigenvalue weighted by atomic mass is 10.3. The Labute approximate surface area is 153 Å². The molecule has 1 aliphatic rings. The van der Waals surface area contributed by atoms with Crippen molar-refractivity contribution in [2.45, 2.75) is 17.4 Å². The minimum Gasteiger partial charge on any atom is -0.497 e. The molecule has 0 saturated carbocycles. The smallest absolute Gasteiger partial charge is 0.243 e. The molecular formula is C17H22N4O4S. The van der Waals surface area contributed by atoms with Crippen LogP contribution in [0.3, 0.4) is 0 Å². The predicted octanol–water partition coefficient (Wildman–Crippen LogP) is 1.39. The van der Waals surface area contributed by atoms with Gasteiger partial charge in [0, 0.05) is 26.7 Å². The van der Waals surface area contributed by atoms with Gasteiger partial charge in [-0.05, 0) is 36.8 Å². The topological polar surface area (TPSA) is 84.9 Å². The summed E-state index contributed by atoms with van der Waals surface area (Å²) < 4.78 is 37.8. The number of rotatable bonds is 6. The fourth-order valence-corrected chi connectivity index (χ4v) is 4.18. The zero-order valence-corrected chi connectivity index (χ0v) is 15.8. The van der Waals surface area contributed by atoms with Crippen LogP contribution in [0.2, 0.25) is 0 Å². The van der Waals surface area contributed by atoms with E-state index in [0.29, 0.717) is 24.6 Å². The highest BCUT2D eigenvalue weighted by Gasteiger charge is 2.33. The molecule has 1 aromatic heterocycles. The van der Waals surface area contributed by atoms with E-state index in [1.165, 1.54) is 4.31 Å². The van der Waals surface area contributed by atoms with Crippen LogP contribution in [0.4, 0.5) is 5.82 Å². The quantitative estimate of drug-likeness (QED) is 0.751. The molecule has 0 bridgehead atoms. The maximum Gasteiger partial charge on any atom is 0.243 e. The minimum absolute atomic E-state index is 0.245. The van der Waals surface area contributed by atoms with Gasteiger partial charge in [-0.3, -0.25) is 0 Å². The lowest BCUT2D eigenvalue weighted by molar-refractivity contribution is 0.204. The molecule has 3 rings (SSSR count). The van der Waals surface area contributed by atoms with Gasteiger partial charge >= 0.3 is 0 Å². The van der Waals surface area contributed by atoms with Crippen molar-refractivity contribution in [3.05, 3.63) is 36.4 Å². The third kappa shape index (κ3) is 3.88. The Morgan fingerprint density at radius 3 is 2.42 bits per heavy atom. The highest BCUT2D eigenvalue weighted by molar-refractivity contribution is 7.89. The van der Waals surface area contributed by atoms with Crippen molar-refractivity contribution in [3.8, 4) is 11.6 Å². The lowest BCUT2D eigenvalue weighted by Crippen LogP contribution is -2.31. The zero-order chi connectivity index (χ0) is 18.7. The van der Waals surface area contributed by atoms with Crippen molar-refractivity contribution in [1.29, 1.82) is 0 Å². The average Bonchev–Trinajstić information content (AvgIpc) is 3.11. The SMILES string of the molecule is COc1ccc(S(=O)(=O)N2CCC(Oc3ccc(N(C)C)nn3)C2)cc1. The van der Waals surface area contributed by atoms with Crippen molar-refractivity contribution in [3.63, 3.8) is 0 Å². The summed E-state index contributed by atoms with van der Waals surface area (Å²) in [5.41, 5.74) is 0. The maximum atomic E-state index is 12.7. The first-order chi connectivity index (χ1) is 12.4. The third-order valence-corrected chi connectivity index (χ3v) is 6.06. The van der Waals surface area contributed by atoms with Crippen molar-refractivity contribution < 1.29 is 17.9 Å². The van der Waals surface area contributed by atoms with Crippen LogP contribution < -0.4 is 14.4 Å². The second-order valence-electron chi connectivity index (χ2n) is 6.19. The second kappa shape index (κ2) is 7.46. The van der Waals surface area contributed by atoms with Crippen LogP contribution in [0, 0.1) is 0 Å². The molecule has 1 atom stereocenters. The highest BCUT2D eigenvalue weighted by Crippen LogP contribution is 2.25. The van der Waals surface area contributed by atoms with E-state index < -0.39 is 10.0 Å². The van der Waals surface area contributed by atoms with Crippen LogP contribution in [0.5, 0.6) is 11.6 Å². The molecule has 0 spiro atoms. The number of hydrogen-bond donors (Lipinski definition) is 0. The molecule has 1 unspecified atom stereocenters. The van der Waals surface area contributed by atoms with Crippen LogP contribution in [-0.2, 0) is 10.0 Å². The zero-order valence-electron chi connectivity index (χ0n) is 15.0. The molecular weight excluding hydrogens is 356 g/mol. The number of sulfonamides is 1. The van der Waals surface area contributed by atoms with E-state index >= 15 is 0 Å². The van der Waals surface area contributed by atoms with Gasteiger partial charge in [-0.2, -0.15) is 4.31 Å². The highest BCUT2D eigenvalue weighted by atomic mass is 32.2. The van der Waals surface area contributed by atoms with Crippen molar-refractivity contribution in [2.75, 3.05) is 39.2 Å². The molecule has 8 nitrogen and oxygen atoms in total. The first kappa shape index (κ1) is 18.4. The standard InChI is InChI=1S/C17H22N4O4S/c1-20(2)16-8-9-17(19-18-16)25-14-10-11-21(12-14)26(22,23)15-6-4-13(24-3)5-7-15/h4-9,14H,10-12H2,1-3H3. The predicted molar refractivity (Wildman–Crippen MR) is 97.1 cm³/mol. The molecule has 0 radical (unpaired) electrons. The van der Waals surface area contributed by atoms with Gasteiger partial charge in [-0.15, -0.1) is 10.2 Å². The van der Waals surface area contributed by atoms with E-state index in [4.69, 9.17) is 9.47 Å². The number of ether oxygens (including phenoxy) is 2. The van der Waals surface area contributed by atoms with Gasteiger partial charge in [0.15, 0.2) is 5.82 Å². The van der Waals surface area contributed by atoms with E-state index in [-0.39, 0.29) is 17.5 Å². The van der Waals surface area contributed by atoms with Gasteiger partial charge < -0.3 is 14.4 Å². The van der Waals surface area contributed by atoms with Gasteiger partial charge in [0.1, 0.15) is 11.9 Å². The average molecular weight is 378 g/mol. The van der Waals surface area contributed by atoms with E-state index in [1.54, 1.807) is 37.4 Å². The van der Waals surface area contributed by atoms with Gasteiger partial charge in [0.05, 0.1) is 18.6 Å². The Kier molecular flexibility index (Phi) is 5.28. The van der Waals surface area contributed by atoms with Crippen molar-refractivity contribution in [2.24, 2.45) is 0 Å². The number of methoxy groups -OCH3 is 1. The summed E-state index contributed by atoms with van der Waals surface area (Å²) in [6.07, 6.45) is 0.356. The fraction of sp³-hybridized carbons (Fsp3) is 0.412. The Bertz CT molecular complexity index is 838. The maximum absolute atomic E-state index is 12.7. The molecule has 1 aromatic carbocycles. The monoisotopic (exact) mass is 378 g/mol. The minimum atomic E-state index is -3.55. The molecule has 0 amide bonds. The van der Waals surface area contributed by atoms with Gasteiger partial charge in [-0.1, -0.05) is 0 Å². The van der Waals surface area contributed by atoms with Gasteiger partial charge in [-0.25, -0.2) is 8.42 Å². The molecule has 1 fully saturated rings. The number of nitrogens with zero attached hydrogens (tertiary/aromatic N) is 4. The summed E-state index contributed by atoms with van der Waals surface area (Å²) in [4.78, 5) is 2.09. The number of benzene rings is 1. The molecule has 140 valence electrons. The molecule has 2 heterocycles. The Morgan fingerprint density at radius 2 is 1.85 bits per heavy atom. The summed E-state index contributed by atoms with van der Waals surface area (Å²) in [7, 11) is 1.75. The number of aromatic nitrogens is 2.